The first-order valence-corrected chi connectivity index (χ1v) is 8.41. The lowest BCUT2D eigenvalue weighted by atomic mass is 10.2. The van der Waals surface area contributed by atoms with E-state index in [1.807, 2.05) is 24.3 Å². The summed E-state index contributed by atoms with van der Waals surface area (Å²) in [7, 11) is 0. The minimum absolute atomic E-state index is 0.0875. The monoisotopic (exact) mass is 373 g/mol. The zero-order chi connectivity index (χ0) is 15.9. The maximum Gasteiger partial charge on any atom is 0.325 e. The molecule has 1 aromatic carbocycles. The smallest absolute Gasteiger partial charge is 0.325 e. The average Bonchev–Trinajstić information content (AvgIpc) is 2.37. The number of halogens is 1. The van der Waals surface area contributed by atoms with E-state index >= 15 is 0 Å². The number of amides is 1. The summed E-state index contributed by atoms with van der Waals surface area (Å²) in [5.41, 5.74) is -0.531. The van der Waals surface area contributed by atoms with E-state index < -0.39 is 11.6 Å². The Balaban J connectivity index is 2.23. The number of nitrogens with one attached hydrogen (secondary N) is 1. The molecule has 116 valence electrons. The van der Waals surface area contributed by atoms with Crippen LogP contribution in [0.4, 0.5) is 0 Å². The molecule has 0 bridgehead atoms. The fraction of sp³-hybridized carbons (Fsp3) is 0.467. The molecule has 0 saturated heterocycles. The van der Waals surface area contributed by atoms with Gasteiger partial charge < -0.3 is 10.1 Å². The number of thioether (sulfide) groups is 1. The second kappa shape index (κ2) is 8.44. The number of rotatable bonds is 6. The Bertz CT molecular complexity index is 500. The van der Waals surface area contributed by atoms with E-state index in [-0.39, 0.29) is 12.5 Å². The molecule has 0 aliphatic heterocycles. The lowest BCUT2D eigenvalue weighted by Crippen LogP contribution is -2.34. The van der Waals surface area contributed by atoms with Crippen LogP contribution in [0.1, 0.15) is 27.2 Å². The van der Waals surface area contributed by atoms with E-state index in [1.54, 1.807) is 32.5 Å². The fourth-order valence-corrected chi connectivity index (χ4v) is 2.97. The van der Waals surface area contributed by atoms with Gasteiger partial charge in [-0.3, -0.25) is 9.59 Å². The molecule has 0 spiro atoms. The number of hydrogen-bond donors (Lipinski definition) is 1. The lowest BCUT2D eigenvalue weighted by Gasteiger charge is -2.19. The fourth-order valence-electron chi connectivity index (χ4n) is 1.45. The molecular weight excluding hydrogens is 354 g/mol. The van der Waals surface area contributed by atoms with Gasteiger partial charge in [0.25, 0.3) is 0 Å². The molecule has 0 atom stereocenters. The average molecular weight is 374 g/mol. The van der Waals surface area contributed by atoms with Crippen molar-refractivity contribution >= 4 is 39.6 Å². The van der Waals surface area contributed by atoms with Gasteiger partial charge in [-0.2, -0.15) is 0 Å². The van der Waals surface area contributed by atoms with Crippen LogP contribution in [0.2, 0.25) is 0 Å². The molecule has 0 aromatic heterocycles. The molecule has 1 N–H and O–H groups in total. The van der Waals surface area contributed by atoms with Crippen LogP contribution < -0.4 is 5.32 Å². The van der Waals surface area contributed by atoms with Crippen molar-refractivity contribution in [3.05, 3.63) is 28.7 Å². The van der Waals surface area contributed by atoms with Gasteiger partial charge in [0.05, 0.1) is 0 Å². The van der Waals surface area contributed by atoms with Gasteiger partial charge in [0.2, 0.25) is 5.91 Å². The predicted octanol–water partition coefficient (Wildman–Crippen LogP) is 3.39. The van der Waals surface area contributed by atoms with Gasteiger partial charge in [0.1, 0.15) is 12.1 Å². The molecule has 0 unspecified atom stereocenters. The summed E-state index contributed by atoms with van der Waals surface area (Å²) in [6.07, 6.45) is 0.356. The number of carbonyl (C=O) groups is 2. The van der Waals surface area contributed by atoms with Crippen molar-refractivity contribution in [2.75, 3.05) is 12.3 Å². The van der Waals surface area contributed by atoms with Gasteiger partial charge in [-0.15, -0.1) is 11.8 Å². The molecular formula is C15H20BrNO3S. The van der Waals surface area contributed by atoms with Crippen molar-refractivity contribution in [3.8, 4) is 0 Å². The van der Waals surface area contributed by atoms with Crippen LogP contribution >= 0.6 is 27.7 Å². The van der Waals surface area contributed by atoms with Gasteiger partial charge in [-0.05, 0) is 48.8 Å². The van der Waals surface area contributed by atoms with Gasteiger partial charge in [0, 0.05) is 21.5 Å². The highest BCUT2D eigenvalue weighted by Gasteiger charge is 2.16. The van der Waals surface area contributed by atoms with Gasteiger partial charge in [-0.25, -0.2) is 0 Å². The maximum absolute atomic E-state index is 11.6. The Labute approximate surface area is 138 Å². The van der Waals surface area contributed by atoms with Crippen molar-refractivity contribution in [1.82, 2.24) is 5.32 Å². The van der Waals surface area contributed by atoms with Crippen molar-refractivity contribution in [2.24, 2.45) is 0 Å². The Morgan fingerprint density at radius 2 is 1.95 bits per heavy atom. The van der Waals surface area contributed by atoms with Crippen LogP contribution in [0.5, 0.6) is 0 Å². The summed E-state index contributed by atoms with van der Waals surface area (Å²) in [5, 5.41) is 2.57. The molecule has 4 nitrogen and oxygen atoms in total. The summed E-state index contributed by atoms with van der Waals surface area (Å²) in [5.74, 6) is 0.0812. The van der Waals surface area contributed by atoms with E-state index in [4.69, 9.17) is 4.74 Å². The quantitative estimate of drug-likeness (QED) is 0.613. The van der Waals surface area contributed by atoms with Crippen molar-refractivity contribution in [2.45, 2.75) is 37.7 Å². The van der Waals surface area contributed by atoms with Crippen molar-refractivity contribution in [3.63, 3.8) is 0 Å². The highest BCUT2D eigenvalue weighted by molar-refractivity contribution is 9.10. The van der Waals surface area contributed by atoms with Crippen LogP contribution in [-0.2, 0) is 14.3 Å². The summed E-state index contributed by atoms with van der Waals surface area (Å²) in [6.45, 7) is 5.29. The van der Waals surface area contributed by atoms with Gasteiger partial charge in [-0.1, -0.05) is 12.1 Å². The molecule has 0 aliphatic carbocycles. The largest absolute Gasteiger partial charge is 0.459 e. The molecule has 0 aliphatic rings. The molecule has 1 rings (SSSR count). The van der Waals surface area contributed by atoms with Crippen LogP contribution in [0.3, 0.4) is 0 Å². The number of benzene rings is 1. The third-order valence-electron chi connectivity index (χ3n) is 2.27. The molecule has 0 fully saturated rings. The van der Waals surface area contributed by atoms with Gasteiger partial charge >= 0.3 is 5.97 Å². The normalized spacial score (nSPS) is 11.0. The molecule has 0 radical (unpaired) electrons. The van der Waals surface area contributed by atoms with E-state index in [1.165, 1.54) is 0 Å². The van der Waals surface area contributed by atoms with Crippen LogP contribution in [-0.4, -0.2) is 29.8 Å². The Morgan fingerprint density at radius 1 is 1.29 bits per heavy atom. The van der Waals surface area contributed by atoms with Crippen molar-refractivity contribution in [1.29, 1.82) is 0 Å². The first kappa shape index (κ1) is 18.0. The maximum atomic E-state index is 11.6. The number of carbonyl (C=O) groups excluding carboxylic acids is 2. The molecule has 1 amide bonds. The highest BCUT2D eigenvalue weighted by atomic mass is 79.9. The van der Waals surface area contributed by atoms with E-state index in [9.17, 15) is 9.59 Å². The minimum atomic E-state index is -0.531. The zero-order valence-corrected chi connectivity index (χ0v) is 14.8. The summed E-state index contributed by atoms with van der Waals surface area (Å²) in [6, 6.07) is 7.86. The molecule has 6 heteroatoms. The molecule has 21 heavy (non-hydrogen) atoms. The standard InChI is InChI=1S/C15H20BrNO3S/c1-15(2,3)20-14(19)10-17-13(18)8-9-21-12-7-5-4-6-11(12)16/h4-7H,8-10H2,1-3H3,(H,17,18). The van der Waals surface area contributed by atoms with E-state index in [0.29, 0.717) is 12.2 Å². The van der Waals surface area contributed by atoms with Crippen LogP contribution in [0, 0.1) is 0 Å². The summed E-state index contributed by atoms with van der Waals surface area (Å²) < 4.78 is 6.13. The Kier molecular flexibility index (Phi) is 7.25. The van der Waals surface area contributed by atoms with Crippen LogP contribution in [0.25, 0.3) is 0 Å². The molecule has 1 aromatic rings. The minimum Gasteiger partial charge on any atom is -0.459 e. The lowest BCUT2D eigenvalue weighted by molar-refractivity contribution is -0.154. The third-order valence-corrected chi connectivity index (χ3v) is 4.30. The Morgan fingerprint density at radius 3 is 2.57 bits per heavy atom. The number of ether oxygens (including phenoxy) is 1. The number of esters is 1. The van der Waals surface area contributed by atoms with Crippen molar-refractivity contribution < 1.29 is 14.3 Å². The first-order valence-electron chi connectivity index (χ1n) is 6.64. The molecule has 0 heterocycles. The topological polar surface area (TPSA) is 55.4 Å². The SMILES string of the molecule is CC(C)(C)OC(=O)CNC(=O)CCSc1ccccc1Br. The first-order chi connectivity index (χ1) is 9.78. The zero-order valence-electron chi connectivity index (χ0n) is 12.4. The third kappa shape index (κ3) is 8.12. The second-order valence-corrected chi connectivity index (χ2v) is 7.38. The predicted molar refractivity (Wildman–Crippen MR) is 88.3 cm³/mol. The van der Waals surface area contributed by atoms with E-state index in [0.717, 1.165) is 9.37 Å². The second-order valence-electron chi connectivity index (χ2n) is 5.39. The molecule has 0 saturated carbocycles. The summed E-state index contributed by atoms with van der Waals surface area (Å²) >= 11 is 5.05. The summed E-state index contributed by atoms with van der Waals surface area (Å²) in [4.78, 5) is 24.2. The van der Waals surface area contributed by atoms with Gasteiger partial charge in [0.15, 0.2) is 0 Å². The Hall–Kier alpha value is -1.01. The highest BCUT2D eigenvalue weighted by Crippen LogP contribution is 2.27. The van der Waals surface area contributed by atoms with E-state index in [2.05, 4.69) is 21.2 Å². The van der Waals surface area contributed by atoms with Crippen LogP contribution in [0.15, 0.2) is 33.6 Å². The number of hydrogen-bond acceptors (Lipinski definition) is 4.